The lowest BCUT2D eigenvalue weighted by Gasteiger charge is -2.17. The lowest BCUT2D eigenvalue weighted by Crippen LogP contribution is -2.33. The molecule has 126 valence electrons. The van der Waals surface area contributed by atoms with Crippen LogP contribution >= 0.6 is 12.4 Å². The molecular weight excluding hydrogens is 324 g/mol. The minimum absolute atomic E-state index is 0. The molecule has 0 amide bonds. The fraction of sp³-hybridized carbons (Fsp3) is 0.600. The van der Waals surface area contributed by atoms with Gasteiger partial charge in [0.1, 0.15) is 0 Å². The molecule has 0 spiro atoms. The molecule has 0 bridgehead atoms. The summed E-state index contributed by atoms with van der Waals surface area (Å²) in [4.78, 5) is 0. The van der Waals surface area contributed by atoms with E-state index < -0.39 is 10.0 Å². The molecule has 0 unspecified atom stereocenters. The monoisotopic (exact) mass is 348 g/mol. The van der Waals surface area contributed by atoms with Crippen molar-refractivity contribution in [2.75, 3.05) is 38.6 Å². The lowest BCUT2D eigenvalue weighted by molar-refractivity contribution is 0.162. The van der Waals surface area contributed by atoms with Crippen molar-refractivity contribution in [2.24, 2.45) is 11.7 Å². The van der Waals surface area contributed by atoms with Crippen LogP contribution in [0.5, 0.6) is 0 Å². The second-order valence-corrected chi connectivity index (χ2v) is 7.43. The maximum Gasteiger partial charge on any atom is 0.216 e. The third kappa shape index (κ3) is 4.67. The average molecular weight is 349 g/mol. The third-order valence-electron chi connectivity index (χ3n) is 4.02. The highest BCUT2D eigenvalue weighted by Gasteiger charge is 2.38. The average Bonchev–Trinajstić information content (AvgIpc) is 2.93. The fourth-order valence-electron chi connectivity index (χ4n) is 2.81. The Balaban J connectivity index is 0.00000242. The van der Waals surface area contributed by atoms with Crippen LogP contribution < -0.4 is 5.73 Å². The highest BCUT2D eigenvalue weighted by Crippen LogP contribution is 2.33. The number of benzene rings is 1. The van der Waals surface area contributed by atoms with E-state index in [4.69, 9.17) is 10.5 Å². The summed E-state index contributed by atoms with van der Waals surface area (Å²) in [5.74, 6) is 0.395. The van der Waals surface area contributed by atoms with Gasteiger partial charge in [0.05, 0.1) is 12.4 Å². The van der Waals surface area contributed by atoms with E-state index in [9.17, 15) is 8.42 Å². The molecular formula is C15H25ClN2O3S. The maximum absolute atomic E-state index is 12.4. The molecule has 1 fully saturated rings. The van der Waals surface area contributed by atoms with Gasteiger partial charge >= 0.3 is 0 Å². The molecule has 1 saturated heterocycles. The SMILES string of the molecule is CCOCCS(=O)(=O)N1C[C@@H](CN)[C@H](c2ccccc2)C1.Cl. The van der Waals surface area contributed by atoms with Gasteiger partial charge in [0, 0.05) is 25.6 Å². The standard InChI is InChI=1S/C15H24N2O3S.ClH/c1-2-20-8-9-21(18,19)17-11-14(10-16)15(12-17)13-6-4-3-5-7-13;/h3-7,14-15H,2,8-12,16H2,1H3;1H/t14-,15+;/m1./s1. The molecule has 1 aliphatic rings. The number of ether oxygens (including phenoxy) is 1. The van der Waals surface area contributed by atoms with E-state index in [0.29, 0.717) is 26.2 Å². The van der Waals surface area contributed by atoms with Crippen LogP contribution in [0, 0.1) is 5.92 Å². The summed E-state index contributed by atoms with van der Waals surface area (Å²) in [7, 11) is -3.26. The molecule has 2 atom stereocenters. The number of hydrogen-bond donors (Lipinski definition) is 1. The molecule has 5 nitrogen and oxygen atoms in total. The maximum atomic E-state index is 12.4. The van der Waals surface area contributed by atoms with Gasteiger partial charge in [0.15, 0.2) is 0 Å². The van der Waals surface area contributed by atoms with Gasteiger partial charge in [0.2, 0.25) is 10.0 Å². The first-order chi connectivity index (χ1) is 10.1. The van der Waals surface area contributed by atoms with E-state index in [2.05, 4.69) is 0 Å². The highest BCUT2D eigenvalue weighted by atomic mass is 35.5. The zero-order chi connectivity index (χ0) is 15.3. The molecule has 0 aliphatic carbocycles. The van der Waals surface area contributed by atoms with Crippen molar-refractivity contribution in [3.05, 3.63) is 35.9 Å². The summed E-state index contributed by atoms with van der Waals surface area (Å²) in [5.41, 5.74) is 7.00. The number of nitrogens with two attached hydrogens (primary N) is 1. The van der Waals surface area contributed by atoms with E-state index >= 15 is 0 Å². The predicted octanol–water partition coefficient (Wildman–Crippen LogP) is 1.45. The third-order valence-corrected chi connectivity index (χ3v) is 5.79. The largest absolute Gasteiger partial charge is 0.381 e. The van der Waals surface area contributed by atoms with E-state index in [1.807, 2.05) is 37.3 Å². The molecule has 0 aromatic heterocycles. The van der Waals surface area contributed by atoms with Gasteiger partial charge in [-0.1, -0.05) is 30.3 Å². The number of rotatable bonds is 7. The molecule has 1 aromatic rings. The Morgan fingerprint density at radius 2 is 1.95 bits per heavy atom. The predicted molar refractivity (Wildman–Crippen MR) is 90.8 cm³/mol. The molecule has 1 heterocycles. The van der Waals surface area contributed by atoms with Crippen molar-refractivity contribution >= 4 is 22.4 Å². The summed E-state index contributed by atoms with van der Waals surface area (Å²) >= 11 is 0. The van der Waals surface area contributed by atoms with Crippen LogP contribution in [0.3, 0.4) is 0 Å². The zero-order valence-electron chi connectivity index (χ0n) is 12.8. The van der Waals surface area contributed by atoms with Gasteiger partial charge in [-0.05, 0) is 24.9 Å². The Bertz CT molecular complexity index is 539. The molecule has 2 rings (SSSR count). The quantitative estimate of drug-likeness (QED) is 0.757. The summed E-state index contributed by atoms with van der Waals surface area (Å²) in [6.45, 7) is 4.16. The first-order valence-corrected chi connectivity index (χ1v) is 9.00. The van der Waals surface area contributed by atoms with Crippen LogP contribution in [-0.4, -0.2) is 51.3 Å². The van der Waals surface area contributed by atoms with Crippen LogP contribution in [0.15, 0.2) is 30.3 Å². The Morgan fingerprint density at radius 3 is 2.55 bits per heavy atom. The normalized spacial score (nSPS) is 22.5. The number of nitrogens with zero attached hydrogens (tertiary/aromatic N) is 1. The topological polar surface area (TPSA) is 72.6 Å². The van der Waals surface area contributed by atoms with Gasteiger partial charge in [-0.15, -0.1) is 12.4 Å². The van der Waals surface area contributed by atoms with Crippen molar-refractivity contribution < 1.29 is 13.2 Å². The van der Waals surface area contributed by atoms with E-state index in [1.165, 1.54) is 0 Å². The van der Waals surface area contributed by atoms with Crippen molar-refractivity contribution in [3.8, 4) is 0 Å². The first kappa shape index (κ1) is 19.4. The molecule has 1 aromatic carbocycles. The summed E-state index contributed by atoms with van der Waals surface area (Å²) < 4.78 is 31.4. The minimum atomic E-state index is -3.26. The number of hydrogen-bond acceptors (Lipinski definition) is 4. The molecule has 0 radical (unpaired) electrons. The summed E-state index contributed by atoms with van der Waals surface area (Å²) in [5, 5.41) is 0. The summed E-state index contributed by atoms with van der Waals surface area (Å²) in [6.07, 6.45) is 0. The van der Waals surface area contributed by atoms with Crippen LogP contribution in [0.4, 0.5) is 0 Å². The zero-order valence-corrected chi connectivity index (χ0v) is 14.5. The van der Waals surface area contributed by atoms with Crippen LogP contribution in [-0.2, 0) is 14.8 Å². The van der Waals surface area contributed by atoms with E-state index in [1.54, 1.807) is 4.31 Å². The molecule has 0 saturated carbocycles. The van der Waals surface area contributed by atoms with Gasteiger partial charge in [-0.3, -0.25) is 0 Å². The fourth-order valence-corrected chi connectivity index (χ4v) is 4.21. The Hall–Kier alpha value is -0.660. The van der Waals surface area contributed by atoms with Gasteiger partial charge in [-0.2, -0.15) is 0 Å². The smallest absolute Gasteiger partial charge is 0.216 e. The molecule has 2 N–H and O–H groups in total. The Labute approximate surface area is 139 Å². The Kier molecular flexibility index (Phi) is 7.79. The first-order valence-electron chi connectivity index (χ1n) is 7.39. The van der Waals surface area contributed by atoms with Crippen LogP contribution in [0.1, 0.15) is 18.4 Å². The minimum Gasteiger partial charge on any atom is -0.381 e. The second kappa shape index (κ2) is 8.84. The lowest BCUT2D eigenvalue weighted by atomic mass is 9.89. The van der Waals surface area contributed by atoms with Gasteiger partial charge in [-0.25, -0.2) is 12.7 Å². The number of halogens is 1. The number of sulfonamides is 1. The van der Waals surface area contributed by atoms with E-state index in [-0.39, 0.29) is 36.6 Å². The summed E-state index contributed by atoms with van der Waals surface area (Å²) in [6, 6.07) is 10.0. The van der Waals surface area contributed by atoms with Crippen LogP contribution in [0.25, 0.3) is 0 Å². The molecule has 7 heteroatoms. The van der Waals surface area contributed by atoms with Crippen molar-refractivity contribution in [1.29, 1.82) is 0 Å². The van der Waals surface area contributed by atoms with Gasteiger partial charge in [0.25, 0.3) is 0 Å². The van der Waals surface area contributed by atoms with Crippen LogP contribution in [0.2, 0.25) is 0 Å². The second-order valence-electron chi connectivity index (χ2n) is 5.34. The van der Waals surface area contributed by atoms with Crippen molar-refractivity contribution in [2.45, 2.75) is 12.8 Å². The highest BCUT2D eigenvalue weighted by molar-refractivity contribution is 7.89. The molecule has 22 heavy (non-hydrogen) atoms. The van der Waals surface area contributed by atoms with Crippen molar-refractivity contribution in [3.63, 3.8) is 0 Å². The van der Waals surface area contributed by atoms with E-state index in [0.717, 1.165) is 5.56 Å². The van der Waals surface area contributed by atoms with Crippen molar-refractivity contribution in [1.82, 2.24) is 4.31 Å². The van der Waals surface area contributed by atoms with Gasteiger partial charge < -0.3 is 10.5 Å². The Morgan fingerprint density at radius 1 is 1.27 bits per heavy atom. The molecule has 1 aliphatic heterocycles.